The maximum atomic E-state index is 11.8. The second-order valence-electron chi connectivity index (χ2n) is 5.17. The molecule has 9 nitrogen and oxygen atoms in total. The first-order chi connectivity index (χ1) is 9.64. The SMILES string of the molecule is CN(C)C(=O)C1CCC(N)(OC(=O)C(=O)OC(N)=O)CC1. The lowest BCUT2D eigenvalue weighted by Crippen LogP contribution is -2.50. The molecule has 2 amide bonds. The van der Waals surface area contributed by atoms with Gasteiger partial charge in [-0.2, -0.15) is 0 Å². The number of esters is 2. The van der Waals surface area contributed by atoms with Crippen molar-refractivity contribution in [3.05, 3.63) is 0 Å². The van der Waals surface area contributed by atoms with Gasteiger partial charge in [-0.25, -0.2) is 14.4 Å². The average molecular weight is 301 g/mol. The molecule has 0 aromatic carbocycles. The molecule has 9 heteroatoms. The van der Waals surface area contributed by atoms with Crippen LogP contribution < -0.4 is 11.5 Å². The standard InChI is InChI=1S/C12H19N3O6/c1-15(2)8(16)7-3-5-12(14,6-4-7)21-10(18)9(17)20-11(13)19/h7H,3-6,14H2,1-2H3,(H2,13,19). The number of nitrogens with two attached hydrogens (primary N) is 2. The minimum Gasteiger partial charge on any atom is -0.436 e. The van der Waals surface area contributed by atoms with Gasteiger partial charge in [0.2, 0.25) is 5.91 Å². The number of hydrogen-bond donors (Lipinski definition) is 2. The predicted octanol–water partition coefficient (Wildman–Crippen LogP) is -0.915. The molecule has 1 aliphatic carbocycles. The predicted molar refractivity (Wildman–Crippen MR) is 69.3 cm³/mol. The molecule has 0 unspecified atom stereocenters. The lowest BCUT2D eigenvalue weighted by atomic mass is 9.83. The summed E-state index contributed by atoms with van der Waals surface area (Å²) in [5.41, 5.74) is 9.14. The maximum absolute atomic E-state index is 11.8. The van der Waals surface area contributed by atoms with Crippen LogP contribution in [0.4, 0.5) is 4.79 Å². The van der Waals surface area contributed by atoms with Gasteiger partial charge in [0.15, 0.2) is 5.72 Å². The Labute approximate surface area is 121 Å². The fourth-order valence-electron chi connectivity index (χ4n) is 2.18. The molecule has 0 aliphatic heterocycles. The van der Waals surface area contributed by atoms with Crippen molar-refractivity contribution in [2.45, 2.75) is 31.4 Å². The second kappa shape index (κ2) is 6.53. The topological polar surface area (TPSA) is 142 Å². The van der Waals surface area contributed by atoms with Crippen molar-refractivity contribution in [2.24, 2.45) is 17.4 Å². The van der Waals surface area contributed by atoms with E-state index in [2.05, 4.69) is 10.5 Å². The van der Waals surface area contributed by atoms with E-state index < -0.39 is 23.8 Å². The van der Waals surface area contributed by atoms with Gasteiger partial charge in [0, 0.05) is 32.9 Å². The minimum atomic E-state index is -1.51. The van der Waals surface area contributed by atoms with Crippen molar-refractivity contribution in [3.8, 4) is 0 Å². The Bertz CT molecular complexity index is 454. The highest BCUT2D eigenvalue weighted by molar-refractivity contribution is 6.31. The zero-order chi connectivity index (χ0) is 16.2. The Balaban J connectivity index is 2.54. The highest BCUT2D eigenvalue weighted by Crippen LogP contribution is 2.32. The molecular weight excluding hydrogens is 282 g/mol. The molecular formula is C12H19N3O6. The molecule has 4 N–H and O–H groups in total. The van der Waals surface area contributed by atoms with E-state index in [1.807, 2.05) is 0 Å². The molecule has 1 rings (SSSR count). The van der Waals surface area contributed by atoms with Crippen LogP contribution in [-0.2, 0) is 23.9 Å². The Morgan fingerprint density at radius 1 is 1.10 bits per heavy atom. The van der Waals surface area contributed by atoms with Crippen molar-refractivity contribution in [1.82, 2.24) is 4.90 Å². The van der Waals surface area contributed by atoms with Gasteiger partial charge in [0.05, 0.1) is 0 Å². The number of carbonyl (C=O) groups excluding carboxylic acids is 4. The van der Waals surface area contributed by atoms with Crippen molar-refractivity contribution in [2.75, 3.05) is 14.1 Å². The third-order valence-corrected chi connectivity index (χ3v) is 3.28. The fourth-order valence-corrected chi connectivity index (χ4v) is 2.18. The Hall–Kier alpha value is -2.16. The van der Waals surface area contributed by atoms with Gasteiger partial charge in [-0.1, -0.05) is 0 Å². The Morgan fingerprint density at radius 2 is 1.62 bits per heavy atom. The van der Waals surface area contributed by atoms with Gasteiger partial charge >= 0.3 is 18.0 Å². The summed E-state index contributed by atoms with van der Waals surface area (Å²) < 4.78 is 8.76. The molecule has 1 aliphatic rings. The summed E-state index contributed by atoms with van der Waals surface area (Å²) >= 11 is 0. The lowest BCUT2D eigenvalue weighted by molar-refractivity contribution is -0.177. The molecule has 0 aromatic rings. The van der Waals surface area contributed by atoms with Gasteiger partial charge < -0.3 is 20.1 Å². The van der Waals surface area contributed by atoms with E-state index in [4.69, 9.17) is 10.5 Å². The van der Waals surface area contributed by atoms with E-state index in [1.165, 1.54) is 4.90 Å². The number of carbonyl (C=O) groups is 4. The van der Waals surface area contributed by atoms with E-state index in [9.17, 15) is 19.2 Å². The lowest BCUT2D eigenvalue weighted by Gasteiger charge is -2.36. The largest absolute Gasteiger partial charge is 0.436 e. The molecule has 0 bridgehead atoms. The average Bonchev–Trinajstić information content (AvgIpc) is 2.37. The quantitative estimate of drug-likeness (QED) is 0.291. The number of primary amides is 1. The van der Waals surface area contributed by atoms with Gasteiger partial charge in [-0.05, 0) is 12.8 Å². The zero-order valence-corrected chi connectivity index (χ0v) is 12.0. The summed E-state index contributed by atoms with van der Waals surface area (Å²) in [7, 11) is 3.32. The Kier molecular flexibility index (Phi) is 5.25. The highest BCUT2D eigenvalue weighted by Gasteiger charge is 2.39. The molecule has 1 saturated carbocycles. The molecule has 0 heterocycles. The van der Waals surface area contributed by atoms with Crippen molar-refractivity contribution in [3.63, 3.8) is 0 Å². The van der Waals surface area contributed by atoms with Crippen LogP contribution in [-0.4, -0.2) is 48.7 Å². The highest BCUT2D eigenvalue weighted by atomic mass is 16.6. The first-order valence-electron chi connectivity index (χ1n) is 6.39. The second-order valence-corrected chi connectivity index (χ2v) is 5.17. The minimum absolute atomic E-state index is 0.0171. The molecule has 0 aromatic heterocycles. The first kappa shape index (κ1) is 16.9. The van der Waals surface area contributed by atoms with Crippen LogP contribution in [0.3, 0.4) is 0 Å². The smallest absolute Gasteiger partial charge is 0.426 e. The van der Waals surface area contributed by atoms with E-state index in [0.717, 1.165) is 0 Å². The Morgan fingerprint density at radius 3 is 2.05 bits per heavy atom. The number of nitrogens with zero attached hydrogens (tertiary/aromatic N) is 1. The van der Waals surface area contributed by atoms with Crippen molar-refractivity contribution < 1.29 is 28.7 Å². The van der Waals surface area contributed by atoms with Gasteiger partial charge in [0.1, 0.15) is 0 Å². The molecule has 0 radical (unpaired) electrons. The van der Waals surface area contributed by atoms with E-state index in [0.29, 0.717) is 12.8 Å². The van der Waals surface area contributed by atoms with Gasteiger partial charge in [-0.15, -0.1) is 0 Å². The molecule has 21 heavy (non-hydrogen) atoms. The van der Waals surface area contributed by atoms with Gasteiger partial charge in [-0.3, -0.25) is 10.5 Å². The maximum Gasteiger partial charge on any atom is 0.426 e. The fraction of sp³-hybridized carbons (Fsp3) is 0.667. The summed E-state index contributed by atoms with van der Waals surface area (Å²) in [4.78, 5) is 46.2. The summed E-state index contributed by atoms with van der Waals surface area (Å²) in [6.07, 6.45) is -0.0694. The summed E-state index contributed by atoms with van der Waals surface area (Å²) in [6, 6.07) is 0. The monoisotopic (exact) mass is 301 g/mol. The van der Waals surface area contributed by atoms with Crippen LogP contribution in [0.1, 0.15) is 25.7 Å². The number of ether oxygens (including phenoxy) is 2. The molecule has 0 spiro atoms. The van der Waals surface area contributed by atoms with Crippen LogP contribution in [0.15, 0.2) is 0 Å². The van der Waals surface area contributed by atoms with Crippen molar-refractivity contribution >= 4 is 23.9 Å². The summed E-state index contributed by atoms with van der Waals surface area (Å²) in [5, 5.41) is 0. The molecule has 0 atom stereocenters. The van der Waals surface area contributed by atoms with Crippen molar-refractivity contribution in [1.29, 1.82) is 0 Å². The van der Waals surface area contributed by atoms with E-state index in [1.54, 1.807) is 14.1 Å². The summed E-state index contributed by atoms with van der Waals surface area (Å²) in [6.45, 7) is 0. The third kappa shape index (κ3) is 4.71. The first-order valence-corrected chi connectivity index (χ1v) is 6.39. The number of amides is 2. The normalized spacial score (nSPS) is 24.8. The van der Waals surface area contributed by atoms with Crippen LogP contribution in [0.5, 0.6) is 0 Å². The van der Waals surface area contributed by atoms with Crippen LogP contribution in [0.25, 0.3) is 0 Å². The molecule has 1 fully saturated rings. The van der Waals surface area contributed by atoms with Gasteiger partial charge in [0.25, 0.3) is 0 Å². The summed E-state index contributed by atoms with van der Waals surface area (Å²) in [5.74, 6) is -3.10. The number of hydrogen-bond acceptors (Lipinski definition) is 7. The van der Waals surface area contributed by atoms with Crippen LogP contribution in [0, 0.1) is 5.92 Å². The van der Waals surface area contributed by atoms with E-state index in [-0.39, 0.29) is 24.7 Å². The molecule has 0 saturated heterocycles. The van der Waals surface area contributed by atoms with Crippen LogP contribution >= 0.6 is 0 Å². The zero-order valence-electron chi connectivity index (χ0n) is 12.0. The number of rotatable bonds is 2. The van der Waals surface area contributed by atoms with E-state index >= 15 is 0 Å². The van der Waals surface area contributed by atoms with Crippen LogP contribution in [0.2, 0.25) is 0 Å². The molecule has 118 valence electrons. The third-order valence-electron chi connectivity index (χ3n) is 3.28.